The summed E-state index contributed by atoms with van der Waals surface area (Å²) in [7, 11) is 3.96. The maximum Gasteiger partial charge on any atom is 0.336 e. The van der Waals surface area contributed by atoms with E-state index in [1.54, 1.807) is 18.2 Å². The number of esters is 1. The van der Waals surface area contributed by atoms with E-state index in [2.05, 4.69) is 0 Å². The Hall–Kier alpha value is -3.54. The van der Waals surface area contributed by atoms with Crippen LogP contribution in [0, 0.1) is 0 Å². The van der Waals surface area contributed by atoms with Crippen molar-refractivity contribution in [2.45, 2.75) is 32.0 Å². The van der Waals surface area contributed by atoms with Crippen LogP contribution in [-0.4, -0.2) is 31.8 Å². The number of nitrogens with zero attached hydrogens (tertiary/aromatic N) is 1. The first kappa shape index (κ1) is 20.7. The highest BCUT2D eigenvalue weighted by Gasteiger charge is 2.39. The van der Waals surface area contributed by atoms with Crippen LogP contribution in [0.15, 0.2) is 63.8 Å². The molecule has 0 N–H and O–H groups in total. The number of anilines is 1. The fourth-order valence-electron chi connectivity index (χ4n) is 3.60. The molecule has 6 heteroatoms. The van der Waals surface area contributed by atoms with Crippen LogP contribution in [0.2, 0.25) is 0 Å². The van der Waals surface area contributed by atoms with Crippen LogP contribution in [0.1, 0.15) is 25.0 Å². The fraction of sp³-hybridized carbons (Fsp3) is 0.280. The van der Waals surface area contributed by atoms with Gasteiger partial charge in [0.05, 0.1) is 0 Å². The molecule has 1 aliphatic rings. The SMILES string of the molecule is CN(C)c1ccc(/C=C/C(=O)O[C@H]2Cc3cc4ccc(=O)oc4cc3OC2(C)C)cc1. The van der Waals surface area contributed by atoms with Crippen LogP contribution in [-0.2, 0) is 16.0 Å². The Kier molecular flexibility index (Phi) is 5.31. The molecule has 31 heavy (non-hydrogen) atoms. The fourth-order valence-corrected chi connectivity index (χ4v) is 3.60. The average molecular weight is 419 g/mol. The minimum absolute atomic E-state index is 0.405. The van der Waals surface area contributed by atoms with Crippen LogP contribution < -0.4 is 15.3 Å². The van der Waals surface area contributed by atoms with Gasteiger partial charge in [-0.05, 0) is 55.3 Å². The van der Waals surface area contributed by atoms with E-state index < -0.39 is 23.3 Å². The van der Waals surface area contributed by atoms with E-state index in [0.717, 1.165) is 22.2 Å². The highest BCUT2D eigenvalue weighted by molar-refractivity contribution is 5.87. The van der Waals surface area contributed by atoms with E-state index in [1.165, 1.54) is 12.1 Å². The molecule has 0 unspecified atom stereocenters. The molecule has 0 radical (unpaired) electrons. The molecule has 0 amide bonds. The number of hydrogen-bond acceptors (Lipinski definition) is 6. The molecule has 0 saturated heterocycles. The van der Waals surface area contributed by atoms with Crippen LogP contribution in [0.3, 0.4) is 0 Å². The largest absolute Gasteiger partial charge is 0.484 e. The van der Waals surface area contributed by atoms with Gasteiger partial charge >= 0.3 is 11.6 Å². The lowest BCUT2D eigenvalue weighted by Crippen LogP contribution is -2.48. The highest BCUT2D eigenvalue weighted by atomic mass is 16.6. The number of rotatable bonds is 4. The quantitative estimate of drug-likeness (QED) is 0.359. The van der Waals surface area contributed by atoms with Gasteiger partial charge in [0.2, 0.25) is 0 Å². The van der Waals surface area contributed by atoms with Gasteiger partial charge in [-0.1, -0.05) is 12.1 Å². The van der Waals surface area contributed by atoms with E-state index >= 15 is 0 Å². The Morgan fingerprint density at radius 2 is 1.87 bits per heavy atom. The summed E-state index contributed by atoms with van der Waals surface area (Å²) in [5, 5.41) is 0.799. The Bertz CT molecular complexity index is 1200. The third kappa shape index (κ3) is 4.48. The van der Waals surface area contributed by atoms with Gasteiger partial charge in [0.1, 0.15) is 23.0 Å². The number of fused-ring (bicyclic) bond motifs is 2. The maximum atomic E-state index is 12.5. The van der Waals surface area contributed by atoms with Gasteiger partial charge in [0.15, 0.2) is 0 Å². The standard InChI is InChI=1S/C25H25NO5/c1-25(2)22(30-24(28)11-7-16-5-9-19(10-6-16)26(3)4)14-18-13-17-8-12-23(27)29-20(17)15-21(18)31-25/h5-13,15,22H,14H2,1-4H3/b11-7+/t22-/m0/s1. The Morgan fingerprint density at radius 1 is 1.13 bits per heavy atom. The van der Waals surface area contributed by atoms with Crippen LogP contribution in [0.5, 0.6) is 5.75 Å². The maximum absolute atomic E-state index is 12.5. The normalized spacial score (nSPS) is 17.2. The molecule has 0 spiro atoms. The number of ether oxygens (including phenoxy) is 2. The summed E-state index contributed by atoms with van der Waals surface area (Å²) < 4.78 is 17.1. The van der Waals surface area contributed by atoms with Crippen LogP contribution >= 0.6 is 0 Å². The molecule has 160 valence electrons. The second-order valence-corrected chi connectivity index (χ2v) is 8.41. The van der Waals surface area contributed by atoms with Crippen LogP contribution in [0.4, 0.5) is 5.69 Å². The average Bonchev–Trinajstić information content (AvgIpc) is 2.71. The van der Waals surface area contributed by atoms with Crippen molar-refractivity contribution in [2.75, 3.05) is 19.0 Å². The zero-order chi connectivity index (χ0) is 22.2. The van der Waals surface area contributed by atoms with Gasteiger partial charge in [-0.15, -0.1) is 0 Å². The molecular weight excluding hydrogens is 394 g/mol. The van der Waals surface area contributed by atoms with Gasteiger partial charge < -0.3 is 18.8 Å². The summed E-state index contributed by atoms with van der Waals surface area (Å²) >= 11 is 0. The summed E-state index contributed by atoms with van der Waals surface area (Å²) in [4.78, 5) is 26.0. The van der Waals surface area contributed by atoms with Gasteiger partial charge in [-0.3, -0.25) is 0 Å². The minimum Gasteiger partial charge on any atom is -0.484 e. The molecule has 1 aliphatic heterocycles. The molecule has 2 heterocycles. The topological polar surface area (TPSA) is 69.0 Å². The molecule has 1 atom stereocenters. The first-order valence-electron chi connectivity index (χ1n) is 10.1. The summed E-state index contributed by atoms with van der Waals surface area (Å²) in [5.41, 5.74) is 2.25. The summed E-state index contributed by atoms with van der Waals surface area (Å²) in [5.74, 6) is 0.212. The van der Waals surface area contributed by atoms with E-state index in [-0.39, 0.29) is 0 Å². The van der Waals surface area contributed by atoms with E-state index in [4.69, 9.17) is 13.9 Å². The Balaban J connectivity index is 1.50. The first-order valence-corrected chi connectivity index (χ1v) is 10.1. The summed E-state index contributed by atoms with van der Waals surface area (Å²) in [6.45, 7) is 3.76. The first-order chi connectivity index (χ1) is 14.7. The lowest BCUT2D eigenvalue weighted by molar-refractivity contribution is -0.155. The summed E-state index contributed by atoms with van der Waals surface area (Å²) in [6.07, 6.45) is 3.23. The third-order valence-corrected chi connectivity index (χ3v) is 5.44. The number of carbonyl (C=O) groups is 1. The molecule has 0 bridgehead atoms. The van der Waals surface area contributed by atoms with Crippen molar-refractivity contribution in [1.29, 1.82) is 0 Å². The van der Waals surface area contributed by atoms with Crippen molar-refractivity contribution < 1.29 is 18.7 Å². The number of carbonyl (C=O) groups excluding carboxylic acids is 1. The summed E-state index contributed by atoms with van der Waals surface area (Å²) in [6, 6.07) is 14.6. The van der Waals surface area contributed by atoms with Crippen LogP contribution in [0.25, 0.3) is 17.0 Å². The second kappa shape index (κ2) is 7.95. The highest BCUT2D eigenvalue weighted by Crippen LogP contribution is 2.37. The molecule has 0 fully saturated rings. The predicted octanol–water partition coefficient (Wildman–Crippen LogP) is 4.20. The second-order valence-electron chi connectivity index (χ2n) is 8.41. The molecule has 2 aromatic carbocycles. The molecule has 3 aromatic rings. The monoisotopic (exact) mass is 419 g/mol. The van der Waals surface area contributed by atoms with Crippen molar-refractivity contribution in [3.8, 4) is 5.75 Å². The predicted molar refractivity (Wildman–Crippen MR) is 121 cm³/mol. The number of hydrogen-bond donors (Lipinski definition) is 0. The van der Waals surface area contributed by atoms with Crippen molar-refractivity contribution in [2.24, 2.45) is 0 Å². The third-order valence-electron chi connectivity index (χ3n) is 5.44. The van der Waals surface area contributed by atoms with Gasteiger partial charge in [-0.25, -0.2) is 9.59 Å². The van der Waals surface area contributed by atoms with Crippen molar-refractivity contribution in [1.82, 2.24) is 0 Å². The smallest absolute Gasteiger partial charge is 0.336 e. The molecule has 0 aliphatic carbocycles. The van der Waals surface area contributed by atoms with E-state index in [1.807, 2.05) is 63.2 Å². The molecule has 6 nitrogen and oxygen atoms in total. The van der Waals surface area contributed by atoms with E-state index in [0.29, 0.717) is 17.8 Å². The van der Waals surface area contributed by atoms with Crippen molar-refractivity contribution >= 4 is 28.7 Å². The molecule has 1 aromatic heterocycles. The van der Waals surface area contributed by atoms with Crippen molar-refractivity contribution in [3.63, 3.8) is 0 Å². The Labute approximate surface area is 180 Å². The lowest BCUT2D eigenvalue weighted by Gasteiger charge is -2.39. The molecule has 4 rings (SSSR count). The number of benzene rings is 2. The van der Waals surface area contributed by atoms with Gasteiger partial charge in [0, 0.05) is 49.8 Å². The van der Waals surface area contributed by atoms with Gasteiger partial charge in [-0.2, -0.15) is 0 Å². The zero-order valence-electron chi connectivity index (χ0n) is 18.0. The lowest BCUT2D eigenvalue weighted by atomic mass is 9.90. The van der Waals surface area contributed by atoms with E-state index in [9.17, 15) is 9.59 Å². The van der Waals surface area contributed by atoms with Crippen molar-refractivity contribution in [3.05, 3.63) is 76.2 Å². The minimum atomic E-state index is -0.730. The molecule has 0 saturated carbocycles. The zero-order valence-corrected chi connectivity index (χ0v) is 18.0. The van der Waals surface area contributed by atoms with Gasteiger partial charge in [0.25, 0.3) is 0 Å². The Morgan fingerprint density at radius 3 is 2.58 bits per heavy atom. The molecular formula is C25H25NO5.